The van der Waals surface area contributed by atoms with Crippen LogP contribution in [0.4, 0.5) is 5.82 Å². The van der Waals surface area contributed by atoms with Crippen molar-refractivity contribution in [2.75, 3.05) is 24.7 Å². The largest absolute Gasteiger partial charge is 0.367 e. The molecule has 1 aromatic heterocycles. The van der Waals surface area contributed by atoms with E-state index in [4.69, 9.17) is 0 Å². The average Bonchev–Trinajstić information content (AvgIpc) is 3.18. The predicted molar refractivity (Wildman–Crippen MR) is 71.6 cm³/mol. The predicted octanol–water partition coefficient (Wildman–Crippen LogP) is 0.423. The van der Waals surface area contributed by atoms with Gasteiger partial charge in [0.2, 0.25) is 5.91 Å². The smallest absolute Gasteiger partial charge is 0.223 e. The van der Waals surface area contributed by atoms with E-state index in [1.807, 2.05) is 0 Å². The summed E-state index contributed by atoms with van der Waals surface area (Å²) in [6.45, 7) is 0.896. The number of pyridine rings is 1. The Bertz CT molecular complexity index is 567. The van der Waals surface area contributed by atoms with Crippen molar-refractivity contribution in [1.82, 2.24) is 10.3 Å². The van der Waals surface area contributed by atoms with Crippen LogP contribution in [0.25, 0.3) is 0 Å². The van der Waals surface area contributed by atoms with Crippen LogP contribution in [0.3, 0.4) is 0 Å². The third kappa shape index (κ3) is 3.92. The van der Waals surface area contributed by atoms with Gasteiger partial charge in [0.1, 0.15) is 10.7 Å². The Kier molecular flexibility index (Phi) is 4.04. The molecule has 104 valence electrons. The molecule has 1 heterocycles. The van der Waals surface area contributed by atoms with E-state index in [1.165, 1.54) is 12.3 Å². The molecule has 1 fully saturated rings. The highest BCUT2D eigenvalue weighted by molar-refractivity contribution is 7.90. The molecule has 7 heteroatoms. The Hall–Kier alpha value is -1.63. The number of rotatable bonds is 6. The number of amides is 1. The van der Waals surface area contributed by atoms with Crippen LogP contribution in [-0.4, -0.2) is 38.7 Å². The minimum absolute atomic E-state index is 0.0751. The van der Waals surface area contributed by atoms with E-state index in [9.17, 15) is 13.2 Å². The van der Waals surface area contributed by atoms with E-state index < -0.39 is 9.84 Å². The number of sulfone groups is 1. The number of carbonyl (C=O) groups is 1. The summed E-state index contributed by atoms with van der Waals surface area (Å²) in [5, 5.41) is 5.72. The SMILES string of the molecule is CS(=O)(=O)c1cccnc1NCCNC(=O)C1CC1. The first-order chi connectivity index (χ1) is 8.98. The van der Waals surface area contributed by atoms with Crippen LogP contribution in [0.15, 0.2) is 23.2 Å². The fraction of sp³-hybridized carbons (Fsp3) is 0.500. The van der Waals surface area contributed by atoms with Gasteiger partial charge in [0.15, 0.2) is 9.84 Å². The van der Waals surface area contributed by atoms with E-state index in [-0.39, 0.29) is 16.7 Å². The molecule has 0 bridgehead atoms. The van der Waals surface area contributed by atoms with Crippen LogP contribution in [-0.2, 0) is 14.6 Å². The maximum absolute atomic E-state index is 11.5. The molecule has 2 rings (SSSR count). The summed E-state index contributed by atoms with van der Waals surface area (Å²) >= 11 is 0. The second-order valence-electron chi connectivity index (χ2n) is 4.61. The molecule has 1 aliphatic carbocycles. The molecule has 1 saturated carbocycles. The second-order valence-corrected chi connectivity index (χ2v) is 6.60. The van der Waals surface area contributed by atoms with Gasteiger partial charge in [-0.15, -0.1) is 0 Å². The van der Waals surface area contributed by atoms with Crippen molar-refractivity contribution in [3.8, 4) is 0 Å². The monoisotopic (exact) mass is 283 g/mol. The molecule has 0 radical (unpaired) electrons. The van der Waals surface area contributed by atoms with Gasteiger partial charge in [0.25, 0.3) is 0 Å². The quantitative estimate of drug-likeness (QED) is 0.739. The minimum Gasteiger partial charge on any atom is -0.367 e. The molecule has 2 N–H and O–H groups in total. The summed E-state index contributed by atoms with van der Waals surface area (Å²) in [4.78, 5) is 15.6. The van der Waals surface area contributed by atoms with Gasteiger partial charge in [0, 0.05) is 31.5 Å². The van der Waals surface area contributed by atoms with Gasteiger partial charge in [-0.05, 0) is 25.0 Å². The van der Waals surface area contributed by atoms with Gasteiger partial charge in [-0.2, -0.15) is 0 Å². The van der Waals surface area contributed by atoms with Crippen molar-refractivity contribution < 1.29 is 13.2 Å². The van der Waals surface area contributed by atoms with Gasteiger partial charge in [0.05, 0.1) is 0 Å². The summed E-state index contributed by atoms with van der Waals surface area (Å²) < 4.78 is 23.1. The molecule has 0 spiro atoms. The van der Waals surface area contributed by atoms with Crippen LogP contribution in [0.1, 0.15) is 12.8 Å². The fourth-order valence-corrected chi connectivity index (χ4v) is 2.48. The molecular formula is C12H17N3O3S. The standard InChI is InChI=1S/C12H17N3O3S/c1-19(17,18)10-3-2-6-13-11(10)14-7-8-15-12(16)9-4-5-9/h2-3,6,9H,4-5,7-8H2,1H3,(H,13,14)(H,15,16). The zero-order valence-electron chi connectivity index (χ0n) is 10.7. The van der Waals surface area contributed by atoms with Crippen LogP contribution in [0.2, 0.25) is 0 Å². The van der Waals surface area contributed by atoms with Crippen LogP contribution in [0.5, 0.6) is 0 Å². The lowest BCUT2D eigenvalue weighted by Gasteiger charge is -2.10. The topological polar surface area (TPSA) is 88.2 Å². The zero-order chi connectivity index (χ0) is 13.9. The number of anilines is 1. The third-order valence-corrected chi connectivity index (χ3v) is 3.96. The highest BCUT2D eigenvalue weighted by Gasteiger charge is 2.28. The highest BCUT2D eigenvalue weighted by Crippen LogP contribution is 2.28. The Morgan fingerprint density at radius 1 is 1.42 bits per heavy atom. The Morgan fingerprint density at radius 2 is 2.16 bits per heavy atom. The molecular weight excluding hydrogens is 266 g/mol. The van der Waals surface area contributed by atoms with Crippen molar-refractivity contribution in [3.05, 3.63) is 18.3 Å². The molecule has 0 atom stereocenters. The third-order valence-electron chi connectivity index (χ3n) is 2.83. The zero-order valence-corrected chi connectivity index (χ0v) is 11.5. The summed E-state index contributed by atoms with van der Waals surface area (Å²) in [7, 11) is -3.30. The van der Waals surface area contributed by atoms with Gasteiger partial charge >= 0.3 is 0 Å². The molecule has 1 aromatic rings. The van der Waals surface area contributed by atoms with Crippen LogP contribution >= 0.6 is 0 Å². The summed E-state index contributed by atoms with van der Waals surface area (Å²) in [6, 6.07) is 3.09. The van der Waals surface area contributed by atoms with Gasteiger partial charge in [-0.3, -0.25) is 4.79 Å². The van der Waals surface area contributed by atoms with E-state index >= 15 is 0 Å². The van der Waals surface area contributed by atoms with Crippen molar-refractivity contribution in [2.24, 2.45) is 5.92 Å². The fourth-order valence-electron chi connectivity index (χ4n) is 1.68. The Labute approximate surface area is 112 Å². The second kappa shape index (κ2) is 5.56. The van der Waals surface area contributed by atoms with Crippen molar-refractivity contribution in [1.29, 1.82) is 0 Å². The van der Waals surface area contributed by atoms with E-state index in [0.29, 0.717) is 18.9 Å². The number of carbonyl (C=O) groups excluding carboxylic acids is 1. The molecule has 19 heavy (non-hydrogen) atoms. The lowest BCUT2D eigenvalue weighted by atomic mass is 10.4. The van der Waals surface area contributed by atoms with Crippen LogP contribution < -0.4 is 10.6 Å². The molecule has 0 unspecified atom stereocenters. The minimum atomic E-state index is -3.30. The molecule has 1 aliphatic rings. The maximum Gasteiger partial charge on any atom is 0.223 e. The number of nitrogens with zero attached hydrogens (tertiary/aromatic N) is 1. The number of nitrogens with one attached hydrogen (secondary N) is 2. The van der Waals surface area contributed by atoms with Gasteiger partial charge in [-0.1, -0.05) is 0 Å². The molecule has 6 nitrogen and oxygen atoms in total. The number of aromatic nitrogens is 1. The average molecular weight is 283 g/mol. The van der Waals surface area contributed by atoms with E-state index in [1.54, 1.807) is 6.07 Å². The number of hydrogen-bond acceptors (Lipinski definition) is 5. The first-order valence-electron chi connectivity index (χ1n) is 6.15. The van der Waals surface area contributed by atoms with Crippen molar-refractivity contribution in [2.45, 2.75) is 17.7 Å². The molecule has 0 aromatic carbocycles. The first-order valence-corrected chi connectivity index (χ1v) is 8.04. The summed E-state index contributed by atoms with van der Waals surface area (Å²) in [6.07, 6.45) is 4.61. The highest BCUT2D eigenvalue weighted by atomic mass is 32.2. The summed E-state index contributed by atoms with van der Waals surface area (Å²) in [5.74, 6) is 0.582. The number of hydrogen-bond donors (Lipinski definition) is 2. The van der Waals surface area contributed by atoms with Crippen LogP contribution in [0, 0.1) is 5.92 Å². The lowest BCUT2D eigenvalue weighted by Crippen LogP contribution is -2.30. The molecule has 1 amide bonds. The molecule has 0 aliphatic heterocycles. The first kappa shape index (κ1) is 13.8. The van der Waals surface area contributed by atoms with E-state index in [2.05, 4.69) is 15.6 Å². The van der Waals surface area contributed by atoms with Gasteiger partial charge in [-0.25, -0.2) is 13.4 Å². The van der Waals surface area contributed by atoms with Crippen molar-refractivity contribution in [3.63, 3.8) is 0 Å². The normalized spacial score (nSPS) is 15.0. The lowest BCUT2D eigenvalue weighted by molar-refractivity contribution is -0.122. The Balaban J connectivity index is 1.87. The summed E-state index contributed by atoms with van der Waals surface area (Å²) in [5.41, 5.74) is 0. The Morgan fingerprint density at radius 3 is 2.79 bits per heavy atom. The molecule has 0 saturated heterocycles. The van der Waals surface area contributed by atoms with Gasteiger partial charge < -0.3 is 10.6 Å². The maximum atomic E-state index is 11.5. The van der Waals surface area contributed by atoms with E-state index in [0.717, 1.165) is 19.1 Å². The van der Waals surface area contributed by atoms with Crippen molar-refractivity contribution >= 4 is 21.6 Å².